The Morgan fingerprint density at radius 2 is 1.88 bits per heavy atom. The normalized spacial score (nSPS) is 12.7. The van der Waals surface area contributed by atoms with E-state index < -0.39 is 6.80 Å². The summed E-state index contributed by atoms with van der Waals surface area (Å²) in [6, 6.07) is 0. The van der Waals surface area contributed by atoms with E-state index in [1.54, 1.807) is 7.05 Å². The molecule has 1 N–H and O–H groups in total. The topological polar surface area (TPSA) is 64.6 Å². The molecule has 98 valence electrons. The van der Waals surface area contributed by atoms with Crippen LogP contribution in [-0.2, 0) is 18.4 Å². The number of rotatable bonds is 8. The van der Waals surface area contributed by atoms with Gasteiger partial charge < -0.3 is 14.4 Å². The first kappa shape index (κ1) is 20.6. The Bertz CT molecular complexity index is 262. The predicted molar refractivity (Wildman–Crippen MR) is 77.2 cm³/mol. The zero-order valence-corrected chi connectivity index (χ0v) is 12.4. The van der Waals surface area contributed by atoms with Crippen molar-refractivity contribution in [3.05, 3.63) is 0 Å². The molecule has 0 aliphatic carbocycles. The molecule has 0 aliphatic rings. The molecule has 0 aromatic rings. The van der Waals surface area contributed by atoms with Crippen LogP contribution in [0.4, 0.5) is 0 Å². The van der Waals surface area contributed by atoms with Gasteiger partial charge in [0.2, 0.25) is 5.91 Å². The summed E-state index contributed by atoms with van der Waals surface area (Å²) in [6.07, 6.45) is 0. The molecular weight excluding hydrogens is 292 g/mol. The molecule has 9 heteroatoms. The van der Waals surface area contributed by atoms with Crippen LogP contribution in [0.1, 0.15) is 6.92 Å². The van der Waals surface area contributed by atoms with Crippen molar-refractivity contribution in [2.45, 2.75) is 12.2 Å². The molecule has 0 saturated heterocycles. The first-order valence-electron chi connectivity index (χ1n) is 4.68. The minimum absolute atomic E-state index is 0. The number of hydrogen-bond acceptors (Lipinski definition) is 6. The molecule has 17 heavy (non-hydrogen) atoms. The molecule has 0 spiro atoms. The number of carbonyl (C=O) groups is 1. The first-order chi connectivity index (χ1) is 7.49. The van der Waals surface area contributed by atoms with E-state index in [9.17, 15) is 9.36 Å². The summed E-state index contributed by atoms with van der Waals surface area (Å²) < 4.78 is 21.2. The summed E-state index contributed by atoms with van der Waals surface area (Å²) in [5.74, 6) is 1.33. The zero-order chi connectivity index (χ0) is 12.6. The molecule has 0 bridgehead atoms. The molecular formula is C8H19NNaO4PS2. The zero-order valence-electron chi connectivity index (χ0n) is 9.89. The van der Waals surface area contributed by atoms with Crippen molar-refractivity contribution in [2.24, 2.45) is 0 Å². The standard InChI is InChI=1S/C8H18NO4PS2.Na.H/c1-7(8(10)9-2)15-5-6-16-14(11,12-3)13-4;;/h7H,5-6H2,1-4H3,(H,9,10);;. The Morgan fingerprint density at radius 1 is 1.35 bits per heavy atom. The third-order valence-corrected chi connectivity index (χ3v) is 7.16. The van der Waals surface area contributed by atoms with Gasteiger partial charge in [0.1, 0.15) is 0 Å². The average molecular weight is 311 g/mol. The fourth-order valence-electron chi connectivity index (χ4n) is 0.833. The summed E-state index contributed by atoms with van der Waals surface area (Å²) in [6.45, 7) is -1.14. The molecule has 0 aliphatic heterocycles. The van der Waals surface area contributed by atoms with Crippen LogP contribution in [0.5, 0.6) is 0 Å². The number of thioether (sulfide) groups is 1. The van der Waals surface area contributed by atoms with Crippen LogP contribution >= 0.6 is 29.9 Å². The van der Waals surface area contributed by atoms with E-state index in [0.29, 0.717) is 5.75 Å². The van der Waals surface area contributed by atoms with E-state index >= 15 is 0 Å². The molecule has 1 atom stereocenters. The fraction of sp³-hybridized carbons (Fsp3) is 0.875. The average Bonchev–Trinajstić information content (AvgIpc) is 2.32. The third-order valence-electron chi connectivity index (χ3n) is 1.76. The number of hydrogen-bond donors (Lipinski definition) is 1. The molecule has 0 aromatic heterocycles. The van der Waals surface area contributed by atoms with Crippen LogP contribution in [0.15, 0.2) is 0 Å². The van der Waals surface area contributed by atoms with Crippen molar-refractivity contribution in [2.75, 3.05) is 32.8 Å². The maximum atomic E-state index is 11.6. The van der Waals surface area contributed by atoms with E-state index in [-0.39, 0.29) is 40.7 Å². The third kappa shape index (κ3) is 8.94. The summed E-state index contributed by atoms with van der Waals surface area (Å²) >= 11 is 2.65. The molecule has 1 unspecified atom stereocenters. The summed E-state index contributed by atoms with van der Waals surface area (Å²) in [7, 11) is 4.33. The summed E-state index contributed by atoms with van der Waals surface area (Å²) in [5.41, 5.74) is 0. The molecule has 1 amide bonds. The summed E-state index contributed by atoms with van der Waals surface area (Å²) in [4.78, 5) is 11.2. The van der Waals surface area contributed by atoms with Crippen LogP contribution in [0.3, 0.4) is 0 Å². The quantitative estimate of drug-likeness (QED) is 0.415. The van der Waals surface area contributed by atoms with Crippen molar-refractivity contribution < 1.29 is 18.4 Å². The van der Waals surface area contributed by atoms with Crippen molar-refractivity contribution in [3.8, 4) is 0 Å². The van der Waals surface area contributed by atoms with Crippen LogP contribution in [0, 0.1) is 0 Å². The van der Waals surface area contributed by atoms with Crippen LogP contribution < -0.4 is 5.32 Å². The van der Waals surface area contributed by atoms with Crippen LogP contribution in [-0.4, -0.2) is 73.5 Å². The Hall–Kier alpha value is 1.32. The molecule has 0 rings (SSSR count). The van der Waals surface area contributed by atoms with Gasteiger partial charge in [-0.2, -0.15) is 0 Å². The second-order valence-corrected chi connectivity index (χ2v) is 8.63. The number of nitrogens with one attached hydrogen (secondary N) is 1. The number of amides is 1. The van der Waals surface area contributed by atoms with E-state index in [4.69, 9.17) is 9.05 Å². The fourth-order valence-corrected chi connectivity index (χ4v) is 4.70. The number of carbonyl (C=O) groups excluding carboxylic acids is 1. The van der Waals surface area contributed by atoms with Crippen LogP contribution in [0.25, 0.3) is 0 Å². The van der Waals surface area contributed by atoms with Gasteiger partial charge in [0.15, 0.2) is 0 Å². The van der Waals surface area contributed by atoms with Gasteiger partial charge in [-0.15, -0.1) is 11.8 Å². The Labute approximate surface area is 133 Å². The van der Waals surface area contributed by atoms with Crippen molar-refractivity contribution in [3.63, 3.8) is 0 Å². The van der Waals surface area contributed by atoms with Crippen LogP contribution in [0.2, 0.25) is 0 Å². The van der Waals surface area contributed by atoms with Gasteiger partial charge in [-0.05, 0) is 18.3 Å². The molecule has 0 saturated carbocycles. The SMILES string of the molecule is CNC(=O)C(C)SCCSP(=O)(OC)OC.[NaH]. The monoisotopic (exact) mass is 311 g/mol. The first-order valence-corrected chi connectivity index (χ1v) is 8.86. The Balaban J connectivity index is 0. The van der Waals surface area contributed by atoms with Crippen molar-refractivity contribution in [1.29, 1.82) is 0 Å². The second-order valence-electron chi connectivity index (χ2n) is 2.77. The Morgan fingerprint density at radius 3 is 2.29 bits per heavy atom. The molecule has 5 nitrogen and oxygen atoms in total. The van der Waals surface area contributed by atoms with E-state index in [1.165, 1.54) is 26.0 Å². The minimum atomic E-state index is -2.97. The maximum absolute atomic E-state index is 11.6. The van der Waals surface area contributed by atoms with E-state index in [2.05, 4.69) is 5.32 Å². The predicted octanol–water partition coefficient (Wildman–Crippen LogP) is 1.34. The summed E-state index contributed by atoms with van der Waals surface area (Å²) in [5, 5.41) is 2.47. The van der Waals surface area contributed by atoms with Gasteiger partial charge in [0, 0.05) is 32.8 Å². The van der Waals surface area contributed by atoms with Gasteiger partial charge >= 0.3 is 36.4 Å². The van der Waals surface area contributed by atoms with Gasteiger partial charge in [-0.25, -0.2) is 4.57 Å². The van der Waals surface area contributed by atoms with Crippen molar-refractivity contribution >= 4 is 65.4 Å². The molecule has 0 fully saturated rings. The van der Waals surface area contributed by atoms with E-state index in [1.807, 2.05) is 6.92 Å². The van der Waals surface area contributed by atoms with Gasteiger partial charge in [0.05, 0.1) is 5.25 Å². The van der Waals surface area contributed by atoms with Gasteiger partial charge in [0.25, 0.3) is 0 Å². The molecule has 0 radical (unpaired) electrons. The Kier molecular flexibility index (Phi) is 13.6. The van der Waals surface area contributed by atoms with Crippen molar-refractivity contribution in [1.82, 2.24) is 5.32 Å². The van der Waals surface area contributed by atoms with Gasteiger partial charge in [-0.3, -0.25) is 4.79 Å². The molecule has 0 aromatic carbocycles. The second kappa shape index (κ2) is 11.2. The van der Waals surface area contributed by atoms with Gasteiger partial charge in [-0.1, -0.05) is 0 Å². The van der Waals surface area contributed by atoms with E-state index in [0.717, 1.165) is 17.1 Å². The molecule has 0 heterocycles.